The van der Waals surface area contributed by atoms with E-state index in [1.807, 2.05) is 0 Å². The molecule has 1 aromatic rings. The van der Waals surface area contributed by atoms with E-state index in [0.29, 0.717) is 4.47 Å². The topological polar surface area (TPSA) is 82.3 Å². The Labute approximate surface area is 87.2 Å². The van der Waals surface area contributed by atoms with Crippen molar-refractivity contribution in [2.45, 2.75) is 0 Å². The third kappa shape index (κ3) is 2.05. The average Bonchev–Trinajstić information content (AvgIpc) is 2.16. The molecule has 0 aliphatic heterocycles. The minimum atomic E-state index is -0.787. The van der Waals surface area contributed by atoms with Crippen LogP contribution in [0.1, 0.15) is 10.4 Å². The Hall–Kier alpha value is -1.50. The molecule has 14 heavy (non-hydrogen) atoms. The summed E-state index contributed by atoms with van der Waals surface area (Å²) in [7, 11) is 1.15. The quantitative estimate of drug-likeness (QED) is 0.458. The zero-order valence-corrected chi connectivity index (χ0v) is 8.65. The molecule has 0 saturated heterocycles. The molecular weight excluding hydrogens is 256 g/mol. The molecule has 7 heteroatoms. The minimum Gasteiger partial charge on any atom is -0.465 e. The summed E-state index contributed by atoms with van der Waals surface area (Å²) in [5.41, 5.74) is -0.174. The van der Waals surface area contributed by atoms with Gasteiger partial charge in [0.25, 0.3) is 0 Å². The van der Waals surface area contributed by atoms with Crippen molar-refractivity contribution in [2.75, 3.05) is 7.11 Å². The van der Waals surface area contributed by atoms with Crippen LogP contribution in [0.2, 0.25) is 0 Å². The summed E-state index contributed by atoms with van der Waals surface area (Å²) in [6, 6.07) is 1.29. The van der Waals surface area contributed by atoms with Gasteiger partial charge >= 0.3 is 11.8 Å². The number of ether oxygens (including phenoxy) is 1. The maximum Gasteiger partial charge on any atom is 0.378 e. The highest BCUT2D eigenvalue weighted by molar-refractivity contribution is 9.10. The monoisotopic (exact) mass is 260 g/mol. The van der Waals surface area contributed by atoms with Crippen molar-refractivity contribution >= 4 is 27.7 Å². The van der Waals surface area contributed by atoms with Crippen molar-refractivity contribution < 1.29 is 14.5 Å². The average molecular weight is 261 g/mol. The number of carbonyl (C=O) groups is 1. The van der Waals surface area contributed by atoms with E-state index < -0.39 is 16.7 Å². The van der Waals surface area contributed by atoms with Crippen molar-refractivity contribution in [3.8, 4) is 0 Å². The van der Waals surface area contributed by atoms with Crippen LogP contribution < -0.4 is 0 Å². The van der Waals surface area contributed by atoms with Crippen molar-refractivity contribution in [3.05, 3.63) is 32.4 Å². The van der Waals surface area contributed by atoms with Gasteiger partial charge in [0, 0.05) is 0 Å². The molecule has 0 spiro atoms. The molecule has 0 saturated carbocycles. The van der Waals surface area contributed by atoms with Crippen LogP contribution in [0.3, 0.4) is 0 Å². The van der Waals surface area contributed by atoms with Crippen LogP contribution in [-0.2, 0) is 4.74 Å². The molecule has 1 rings (SSSR count). The Morgan fingerprint density at radius 2 is 2.36 bits per heavy atom. The maximum atomic E-state index is 11.1. The zero-order chi connectivity index (χ0) is 10.7. The van der Waals surface area contributed by atoms with Gasteiger partial charge in [0.05, 0.1) is 11.6 Å². The fourth-order valence-corrected chi connectivity index (χ4v) is 1.17. The van der Waals surface area contributed by atoms with E-state index >= 15 is 0 Å². The highest BCUT2D eigenvalue weighted by Gasteiger charge is 2.22. The van der Waals surface area contributed by atoms with Crippen molar-refractivity contribution in [2.24, 2.45) is 0 Å². The maximum absolute atomic E-state index is 11.1. The summed E-state index contributed by atoms with van der Waals surface area (Å²) in [4.78, 5) is 24.3. The van der Waals surface area contributed by atoms with Crippen LogP contribution in [0.25, 0.3) is 0 Å². The number of aromatic nitrogens is 1. The Bertz CT molecular complexity index is 393. The standard InChI is InChI=1S/C7H5BrN2O4/c1-14-7(11)5-2-4(8)3-9-6(5)10(12)13/h2-3H,1H3. The van der Waals surface area contributed by atoms with Crippen LogP contribution in [0.5, 0.6) is 0 Å². The summed E-state index contributed by atoms with van der Waals surface area (Å²) >= 11 is 3.05. The molecule has 74 valence electrons. The van der Waals surface area contributed by atoms with Crippen molar-refractivity contribution in [1.82, 2.24) is 4.98 Å². The summed E-state index contributed by atoms with van der Waals surface area (Å²) in [6.07, 6.45) is 1.24. The van der Waals surface area contributed by atoms with Gasteiger partial charge in [-0.15, -0.1) is 0 Å². The Kier molecular flexibility index (Phi) is 3.13. The summed E-state index contributed by atoms with van der Waals surface area (Å²) in [5, 5.41) is 10.5. The van der Waals surface area contributed by atoms with Gasteiger partial charge in [0.2, 0.25) is 0 Å². The number of rotatable bonds is 2. The van der Waals surface area contributed by atoms with Crippen molar-refractivity contribution in [3.63, 3.8) is 0 Å². The molecule has 0 aliphatic carbocycles. The Morgan fingerprint density at radius 3 is 2.86 bits per heavy atom. The van der Waals surface area contributed by atoms with E-state index in [4.69, 9.17) is 0 Å². The van der Waals surface area contributed by atoms with Gasteiger partial charge in [0.1, 0.15) is 0 Å². The first-order valence-electron chi connectivity index (χ1n) is 3.44. The van der Waals surface area contributed by atoms with Crippen molar-refractivity contribution in [1.29, 1.82) is 0 Å². The zero-order valence-electron chi connectivity index (χ0n) is 7.06. The van der Waals surface area contributed by atoms with Crippen LogP contribution in [0, 0.1) is 10.1 Å². The number of carbonyl (C=O) groups excluding carboxylic acids is 1. The number of nitro groups is 1. The summed E-state index contributed by atoms with van der Waals surface area (Å²) < 4.78 is 4.85. The first-order valence-corrected chi connectivity index (χ1v) is 4.24. The molecule has 0 aliphatic rings. The normalized spacial score (nSPS) is 9.57. The number of halogens is 1. The Morgan fingerprint density at radius 1 is 1.71 bits per heavy atom. The molecule has 0 N–H and O–H groups in total. The highest BCUT2D eigenvalue weighted by Crippen LogP contribution is 2.20. The predicted octanol–water partition coefficient (Wildman–Crippen LogP) is 1.54. The number of pyridine rings is 1. The molecule has 0 bridgehead atoms. The van der Waals surface area contributed by atoms with E-state index in [1.54, 1.807) is 0 Å². The third-order valence-electron chi connectivity index (χ3n) is 1.41. The molecule has 0 radical (unpaired) electrons. The molecular formula is C7H5BrN2O4. The minimum absolute atomic E-state index is 0.174. The molecule has 0 fully saturated rings. The second-order valence-electron chi connectivity index (χ2n) is 2.27. The lowest BCUT2D eigenvalue weighted by atomic mass is 10.2. The van der Waals surface area contributed by atoms with E-state index in [-0.39, 0.29) is 5.56 Å². The molecule has 6 nitrogen and oxygen atoms in total. The number of esters is 1. The lowest BCUT2D eigenvalue weighted by molar-refractivity contribution is -0.389. The van der Waals surface area contributed by atoms with Crippen LogP contribution in [0.15, 0.2) is 16.7 Å². The fourth-order valence-electron chi connectivity index (χ4n) is 0.838. The summed E-state index contributed by atoms with van der Waals surface area (Å²) in [5.74, 6) is -1.30. The van der Waals surface area contributed by atoms with E-state index in [1.165, 1.54) is 12.3 Å². The SMILES string of the molecule is COC(=O)c1cc(Br)cnc1[N+](=O)[O-]. The van der Waals surface area contributed by atoms with Crippen LogP contribution in [0.4, 0.5) is 5.82 Å². The molecule has 0 unspecified atom stereocenters. The third-order valence-corrected chi connectivity index (χ3v) is 1.85. The largest absolute Gasteiger partial charge is 0.465 e. The lowest BCUT2D eigenvalue weighted by Crippen LogP contribution is -2.07. The molecule has 0 aromatic carbocycles. The van der Waals surface area contributed by atoms with E-state index in [2.05, 4.69) is 25.7 Å². The Balaban J connectivity index is 3.29. The lowest BCUT2D eigenvalue weighted by Gasteiger charge is -2.00. The van der Waals surface area contributed by atoms with Gasteiger partial charge in [0.15, 0.2) is 11.8 Å². The molecule has 1 heterocycles. The van der Waals surface area contributed by atoms with Gasteiger partial charge in [-0.1, -0.05) is 0 Å². The van der Waals surface area contributed by atoms with Gasteiger partial charge in [-0.25, -0.2) is 4.79 Å². The van der Waals surface area contributed by atoms with Gasteiger partial charge in [-0.3, -0.25) is 0 Å². The number of hydrogen-bond donors (Lipinski definition) is 0. The number of hydrogen-bond acceptors (Lipinski definition) is 5. The smallest absolute Gasteiger partial charge is 0.378 e. The first-order chi connectivity index (χ1) is 6.56. The molecule has 0 atom stereocenters. The van der Waals surface area contributed by atoms with Gasteiger partial charge in [-0.2, -0.15) is 0 Å². The van der Waals surface area contributed by atoms with E-state index in [0.717, 1.165) is 7.11 Å². The van der Waals surface area contributed by atoms with Gasteiger partial charge in [-0.05, 0) is 31.9 Å². The number of nitrogens with zero attached hydrogens (tertiary/aromatic N) is 2. The number of methoxy groups -OCH3 is 1. The predicted molar refractivity (Wildman–Crippen MR) is 49.9 cm³/mol. The van der Waals surface area contributed by atoms with E-state index in [9.17, 15) is 14.9 Å². The highest BCUT2D eigenvalue weighted by atomic mass is 79.9. The van der Waals surface area contributed by atoms with Gasteiger partial charge < -0.3 is 14.9 Å². The van der Waals surface area contributed by atoms with Crippen LogP contribution in [-0.4, -0.2) is 23.0 Å². The molecule has 1 aromatic heterocycles. The first kappa shape index (κ1) is 10.6. The second-order valence-corrected chi connectivity index (χ2v) is 3.19. The van der Waals surface area contributed by atoms with Crippen LogP contribution >= 0.6 is 15.9 Å². The fraction of sp³-hybridized carbons (Fsp3) is 0.143. The summed E-state index contributed by atoms with van der Waals surface area (Å²) in [6.45, 7) is 0. The molecule has 0 amide bonds. The second kappa shape index (κ2) is 4.14.